The van der Waals surface area contributed by atoms with E-state index in [1.54, 1.807) is 30.0 Å². The summed E-state index contributed by atoms with van der Waals surface area (Å²) in [5.74, 6) is -1.72. The van der Waals surface area contributed by atoms with Gasteiger partial charge in [0.15, 0.2) is 0 Å². The number of ether oxygens (including phenoxy) is 1. The Morgan fingerprint density at radius 3 is 2.70 bits per heavy atom. The SMILES string of the molecule is Cc1cccc(F)c1C(=O)N1CCC2(CC1)OCCc1sc(C(=O)O)cc12. The van der Waals surface area contributed by atoms with Crippen molar-refractivity contribution in [3.63, 3.8) is 0 Å². The molecule has 142 valence electrons. The van der Waals surface area contributed by atoms with Crippen molar-refractivity contribution in [2.24, 2.45) is 0 Å². The fourth-order valence-electron chi connectivity index (χ4n) is 4.07. The number of aryl methyl sites for hydroxylation is 1. The molecular weight excluding hydrogens is 369 g/mol. The molecule has 0 unspecified atom stereocenters. The quantitative estimate of drug-likeness (QED) is 0.852. The van der Waals surface area contributed by atoms with E-state index in [2.05, 4.69) is 0 Å². The van der Waals surface area contributed by atoms with Gasteiger partial charge in [-0.1, -0.05) is 12.1 Å². The van der Waals surface area contributed by atoms with Crippen LogP contribution in [0, 0.1) is 12.7 Å². The molecule has 7 heteroatoms. The van der Waals surface area contributed by atoms with E-state index < -0.39 is 17.4 Å². The van der Waals surface area contributed by atoms with Crippen molar-refractivity contribution < 1.29 is 23.8 Å². The number of thiophene rings is 1. The molecule has 27 heavy (non-hydrogen) atoms. The maximum Gasteiger partial charge on any atom is 0.345 e. The zero-order chi connectivity index (χ0) is 19.2. The third-order valence-corrected chi connectivity index (χ3v) is 6.70. The lowest BCUT2D eigenvalue weighted by atomic mass is 9.82. The molecular formula is C20H20FNO4S. The van der Waals surface area contributed by atoms with Gasteiger partial charge in [0.2, 0.25) is 0 Å². The molecule has 0 bridgehead atoms. The van der Waals surface area contributed by atoms with Crippen molar-refractivity contribution >= 4 is 23.2 Å². The predicted octanol–water partition coefficient (Wildman–Crippen LogP) is 3.60. The van der Waals surface area contributed by atoms with E-state index in [4.69, 9.17) is 4.74 Å². The van der Waals surface area contributed by atoms with Crippen LogP contribution >= 0.6 is 11.3 Å². The summed E-state index contributed by atoms with van der Waals surface area (Å²) in [5, 5.41) is 9.29. The van der Waals surface area contributed by atoms with Crippen LogP contribution in [0.5, 0.6) is 0 Å². The van der Waals surface area contributed by atoms with Crippen LogP contribution in [0.25, 0.3) is 0 Å². The number of carboxylic acids is 1. The van der Waals surface area contributed by atoms with Crippen LogP contribution in [-0.2, 0) is 16.8 Å². The van der Waals surface area contributed by atoms with Gasteiger partial charge >= 0.3 is 5.97 Å². The number of hydrogen-bond acceptors (Lipinski definition) is 4. The summed E-state index contributed by atoms with van der Waals surface area (Å²) in [6, 6.07) is 6.36. The van der Waals surface area contributed by atoms with Gasteiger partial charge in [0.1, 0.15) is 10.7 Å². The molecule has 1 saturated heterocycles. The first-order chi connectivity index (χ1) is 12.9. The molecule has 2 aliphatic heterocycles. The number of carbonyl (C=O) groups is 2. The number of amides is 1. The number of piperidine rings is 1. The van der Waals surface area contributed by atoms with E-state index in [0.29, 0.717) is 49.4 Å². The zero-order valence-corrected chi connectivity index (χ0v) is 15.8. The van der Waals surface area contributed by atoms with Crippen LogP contribution in [0.1, 0.15) is 48.9 Å². The summed E-state index contributed by atoms with van der Waals surface area (Å²) in [5.41, 5.74) is 1.16. The Hall–Kier alpha value is -2.25. The predicted molar refractivity (Wildman–Crippen MR) is 98.9 cm³/mol. The summed E-state index contributed by atoms with van der Waals surface area (Å²) in [6.45, 7) is 3.18. The second-order valence-corrected chi connectivity index (χ2v) is 8.21. The lowest BCUT2D eigenvalue weighted by molar-refractivity contribution is -0.0926. The van der Waals surface area contributed by atoms with E-state index in [1.807, 2.05) is 0 Å². The maximum atomic E-state index is 14.2. The van der Waals surface area contributed by atoms with Gasteiger partial charge in [-0.2, -0.15) is 0 Å². The highest BCUT2D eigenvalue weighted by Gasteiger charge is 2.43. The highest BCUT2D eigenvalue weighted by atomic mass is 32.1. The molecule has 1 spiro atoms. The molecule has 0 radical (unpaired) electrons. The molecule has 3 heterocycles. The van der Waals surface area contributed by atoms with Crippen LogP contribution in [0.3, 0.4) is 0 Å². The third kappa shape index (κ3) is 3.04. The van der Waals surface area contributed by atoms with Gasteiger partial charge in [-0.25, -0.2) is 9.18 Å². The highest BCUT2D eigenvalue weighted by Crippen LogP contribution is 2.44. The van der Waals surface area contributed by atoms with Gasteiger partial charge < -0.3 is 14.7 Å². The Kier molecular flexibility index (Phi) is 4.52. The number of carbonyl (C=O) groups excluding carboxylic acids is 1. The van der Waals surface area contributed by atoms with Crippen molar-refractivity contribution in [1.82, 2.24) is 4.90 Å². The van der Waals surface area contributed by atoms with E-state index in [-0.39, 0.29) is 11.5 Å². The van der Waals surface area contributed by atoms with Gasteiger partial charge in [0.25, 0.3) is 5.91 Å². The lowest BCUT2D eigenvalue weighted by Gasteiger charge is -2.44. The third-order valence-electron chi connectivity index (χ3n) is 5.51. The average Bonchev–Trinajstić information content (AvgIpc) is 3.08. The fraction of sp³-hybridized carbons (Fsp3) is 0.400. The van der Waals surface area contributed by atoms with E-state index in [1.165, 1.54) is 17.4 Å². The standard InChI is InChI=1S/C20H20FNO4S/c1-12-3-2-4-14(21)17(12)18(23)22-8-6-20(7-9-22)13-11-16(19(24)25)27-15(13)5-10-26-20/h2-4,11H,5-10H2,1H3,(H,24,25). The number of fused-ring (bicyclic) bond motifs is 2. The van der Waals surface area contributed by atoms with Crippen LogP contribution in [0.4, 0.5) is 4.39 Å². The van der Waals surface area contributed by atoms with Gasteiger partial charge in [-0.05, 0) is 43.0 Å². The van der Waals surface area contributed by atoms with Gasteiger partial charge in [0.05, 0.1) is 17.8 Å². The summed E-state index contributed by atoms with van der Waals surface area (Å²) in [7, 11) is 0. The monoisotopic (exact) mass is 389 g/mol. The summed E-state index contributed by atoms with van der Waals surface area (Å²) >= 11 is 1.31. The largest absolute Gasteiger partial charge is 0.477 e. The minimum atomic E-state index is -0.924. The molecule has 4 rings (SSSR count). The zero-order valence-electron chi connectivity index (χ0n) is 15.0. The molecule has 0 atom stereocenters. The molecule has 1 aromatic heterocycles. The Bertz CT molecular complexity index is 894. The maximum absolute atomic E-state index is 14.2. The summed E-state index contributed by atoms with van der Waals surface area (Å²) in [6.07, 6.45) is 1.87. The minimum Gasteiger partial charge on any atom is -0.477 e. The number of nitrogens with zero attached hydrogens (tertiary/aromatic N) is 1. The number of rotatable bonds is 2. The number of hydrogen-bond donors (Lipinski definition) is 1. The molecule has 0 saturated carbocycles. The first-order valence-corrected chi connectivity index (χ1v) is 9.78. The Balaban J connectivity index is 1.56. The molecule has 2 aliphatic rings. The normalized spacial score (nSPS) is 18.4. The van der Waals surface area contributed by atoms with Crippen molar-refractivity contribution in [3.8, 4) is 0 Å². The lowest BCUT2D eigenvalue weighted by Crippen LogP contribution is -2.48. The van der Waals surface area contributed by atoms with Gasteiger partial charge in [-0.3, -0.25) is 4.79 Å². The number of carboxylic acid groups (broad SMARTS) is 1. The molecule has 0 aliphatic carbocycles. The Labute approximate surface area is 160 Å². The first kappa shape index (κ1) is 18.1. The Morgan fingerprint density at radius 2 is 2.04 bits per heavy atom. The molecule has 2 aromatic rings. The number of benzene rings is 1. The van der Waals surface area contributed by atoms with Crippen molar-refractivity contribution in [3.05, 3.63) is 56.5 Å². The number of aromatic carboxylic acids is 1. The average molecular weight is 389 g/mol. The molecule has 1 amide bonds. The summed E-state index contributed by atoms with van der Waals surface area (Å²) < 4.78 is 20.3. The van der Waals surface area contributed by atoms with Crippen LogP contribution in [0.2, 0.25) is 0 Å². The van der Waals surface area contributed by atoms with Crippen molar-refractivity contribution in [2.45, 2.75) is 31.8 Å². The van der Waals surface area contributed by atoms with Crippen LogP contribution < -0.4 is 0 Å². The smallest absolute Gasteiger partial charge is 0.345 e. The number of likely N-dealkylation sites (tertiary alicyclic amines) is 1. The van der Waals surface area contributed by atoms with E-state index in [9.17, 15) is 19.1 Å². The molecule has 5 nitrogen and oxygen atoms in total. The minimum absolute atomic E-state index is 0.127. The number of halogens is 1. The van der Waals surface area contributed by atoms with Crippen molar-refractivity contribution in [2.75, 3.05) is 19.7 Å². The van der Waals surface area contributed by atoms with E-state index >= 15 is 0 Å². The molecule has 1 fully saturated rings. The fourth-order valence-corrected chi connectivity index (χ4v) is 5.14. The van der Waals surface area contributed by atoms with E-state index in [0.717, 1.165) is 10.4 Å². The van der Waals surface area contributed by atoms with Gasteiger partial charge in [-0.15, -0.1) is 11.3 Å². The van der Waals surface area contributed by atoms with Crippen LogP contribution in [-0.4, -0.2) is 41.6 Å². The first-order valence-electron chi connectivity index (χ1n) is 8.96. The molecule has 1 N–H and O–H groups in total. The van der Waals surface area contributed by atoms with Crippen LogP contribution in [0.15, 0.2) is 24.3 Å². The second kappa shape index (κ2) is 6.73. The topological polar surface area (TPSA) is 66.8 Å². The highest BCUT2D eigenvalue weighted by molar-refractivity contribution is 7.14. The summed E-state index contributed by atoms with van der Waals surface area (Å²) in [4.78, 5) is 27.2. The molecule has 1 aromatic carbocycles. The van der Waals surface area contributed by atoms with Crippen molar-refractivity contribution in [1.29, 1.82) is 0 Å². The van der Waals surface area contributed by atoms with Gasteiger partial charge in [0, 0.05) is 24.4 Å². The second-order valence-electron chi connectivity index (χ2n) is 7.07. The Morgan fingerprint density at radius 1 is 1.30 bits per heavy atom.